The van der Waals surface area contributed by atoms with E-state index in [1.54, 1.807) is 36.4 Å². The van der Waals surface area contributed by atoms with Crippen molar-refractivity contribution < 1.29 is 27.9 Å². The topological polar surface area (TPSA) is 134 Å². The van der Waals surface area contributed by atoms with Crippen LogP contribution < -0.4 is 9.62 Å². The van der Waals surface area contributed by atoms with Crippen molar-refractivity contribution in [2.24, 2.45) is 0 Å². The molecule has 5 rings (SSSR count). The van der Waals surface area contributed by atoms with Crippen LogP contribution in [0.2, 0.25) is 0 Å². The summed E-state index contributed by atoms with van der Waals surface area (Å²) in [5, 5.41) is 13.4. The first-order chi connectivity index (χ1) is 18.6. The van der Waals surface area contributed by atoms with Crippen LogP contribution in [0.4, 0.5) is 10.5 Å². The van der Waals surface area contributed by atoms with Gasteiger partial charge in [0.15, 0.2) is 0 Å². The van der Waals surface area contributed by atoms with Crippen LogP contribution in [0.25, 0.3) is 11.3 Å². The molecule has 39 heavy (non-hydrogen) atoms. The number of aryl methyl sites for hydroxylation is 1. The molecule has 1 aliphatic rings. The lowest BCUT2D eigenvalue weighted by atomic mass is 10.1. The van der Waals surface area contributed by atoms with Crippen molar-refractivity contribution in [3.8, 4) is 11.3 Å². The minimum absolute atomic E-state index is 0.0353. The number of aromatic nitrogens is 1. The zero-order valence-electron chi connectivity index (χ0n) is 20.4. The van der Waals surface area contributed by atoms with E-state index in [4.69, 9.17) is 0 Å². The molecule has 198 valence electrons. The van der Waals surface area contributed by atoms with Gasteiger partial charge in [0.1, 0.15) is 5.25 Å². The summed E-state index contributed by atoms with van der Waals surface area (Å²) in [4.78, 5) is 39.7. The van der Waals surface area contributed by atoms with Crippen molar-refractivity contribution in [2.45, 2.75) is 23.6 Å². The first-order valence-corrected chi connectivity index (χ1v) is 14.8. The lowest BCUT2D eigenvalue weighted by Gasteiger charge is -2.25. The lowest BCUT2D eigenvalue weighted by Crippen LogP contribution is -2.30. The van der Waals surface area contributed by atoms with Gasteiger partial charge in [0.05, 0.1) is 33.4 Å². The van der Waals surface area contributed by atoms with Crippen LogP contribution in [0.5, 0.6) is 0 Å². The van der Waals surface area contributed by atoms with Crippen molar-refractivity contribution in [1.82, 2.24) is 10.3 Å². The Bertz CT molecular complexity index is 1680. The molecule has 4 aromatic rings. The SMILES string of the molecule is Cc1nc(-c2ccc(S(=O)(=O)N(Cc3ccc(C4SC(=O)NC4=O)cc3)c3cccc(C(=O)O)c3)cc2)cs1. The number of carbonyl (C=O) groups is 3. The second-order valence-corrected chi connectivity index (χ2v) is 12.7. The molecule has 1 atom stereocenters. The number of sulfonamides is 1. The molecule has 2 heterocycles. The fraction of sp³-hybridized carbons (Fsp3) is 0.111. The maximum Gasteiger partial charge on any atom is 0.335 e. The number of nitrogens with zero attached hydrogens (tertiary/aromatic N) is 2. The van der Waals surface area contributed by atoms with Gasteiger partial charge >= 0.3 is 5.97 Å². The zero-order chi connectivity index (χ0) is 27.7. The molecule has 1 fully saturated rings. The quantitative estimate of drug-likeness (QED) is 0.290. The molecule has 2 amide bonds. The third-order valence-corrected chi connectivity index (χ3v) is 9.63. The number of amides is 2. The minimum atomic E-state index is -4.12. The van der Waals surface area contributed by atoms with E-state index in [1.165, 1.54) is 47.7 Å². The number of carboxylic acids is 1. The second-order valence-electron chi connectivity index (χ2n) is 8.66. The largest absolute Gasteiger partial charge is 0.478 e. The van der Waals surface area contributed by atoms with Gasteiger partial charge in [-0.15, -0.1) is 11.3 Å². The van der Waals surface area contributed by atoms with Gasteiger partial charge in [-0.05, 0) is 60.1 Å². The van der Waals surface area contributed by atoms with Gasteiger partial charge < -0.3 is 5.11 Å². The molecule has 9 nitrogen and oxygen atoms in total. The van der Waals surface area contributed by atoms with E-state index in [2.05, 4.69) is 10.3 Å². The second kappa shape index (κ2) is 10.6. The summed E-state index contributed by atoms with van der Waals surface area (Å²) in [7, 11) is -4.12. The smallest absolute Gasteiger partial charge is 0.335 e. The van der Waals surface area contributed by atoms with Crippen molar-refractivity contribution in [3.63, 3.8) is 0 Å². The van der Waals surface area contributed by atoms with Gasteiger partial charge in [-0.1, -0.05) is 42.5 Å². The average molecular weight is 580 g/mol. The minimum Gasteiger partial charge on any atom is -0.478 e. The van der Waals surface area contributed by atoms with Gasteiger partial charge in [0, 0.05) is 10.9 Å². The van der Waals surface area contributed by atoms with E-state index in [1.807, 2.05) is 12.3 Å². The summed E-state index contributed by atoms with van der Waals surface area (Å²) in [5.41, 5.74) is 2.89. The Labute approximate surface area is 232 Å². The summed E-state index contributed by atoms with van der Waals surface area (Å²) in [5.74, 6) is -1.58. The Morgan fingerprint density at radius 1 is 1.05 bits per heavy atom. The highest BCUT2D eigenvalue weighted by Crippen LogP contribution is 2.35. The molecular weight excluding hydrogens is 559 g/mol. The average Bonchev–Trinajstić information content (AvgIpc) is 3.51. The van der Waals surface area contributed by atoms with Gasteiger partial charge in [-0.25, -0.2) is 18.2 Å². The maximum atomic E-state index is 13.9. The van der Waals surface area contributed by atoms with Gasteiger partial charge in [-0.2, -0.15) is 0 Å². The fourth-order valence-electron chi connectivity index (χ4n) is 4.07. The van der Waals surface area contributed by atoms with E-state index in [9.17, 15) is 27.9 Å². The number of hydrogen-bond donors (Lipinski definition) is 2. The molecule has 0 aliphatic carbocycles. The lowest BCUT2D eigenvalue weighted by molar-refractivity contribution is -0.119. The van der Waals surface area contributed by atoms with E-state index in [0.717, 1.165) is 32.3 Å². The Hall–Kier alpha value is -4.00. The van der Waals surface area contributed by atoms with E-state index in [-0.39, 0.29) is 22.7 Å². The Balaban J connectivity index is 1.49. The number of carbonyl (C=O) groups excluding carboxylic acids is 2. The highest BCUT2D eigenvalue weighted by Gasteiger charge is 2.33. The maximum absolute atomic E-state index is 13.9. The molecule has 1 saturated heterocycles. The first-order valence-electron chi connectivity index (χ1n) is 11.6. The van der Waals surface area contributed by atoms with Crippen molar-refractivity contribution in [2.75, 3.05) is 4.31 Å². The van der Waals surface area contributed by atoms with Gasteiger partial charge in [-0.3, -0.25) is 19.2 Å². The molecule has 1 unspecified atom stereocenters. The number of imide groups is 1. The third kappa shape index (κ3) is 5.58. The predicted octanol–water partition coefficient (Wildman–Crippen LogP) is 5.24. The predicted molar refractivity (Wildman–Crippen MR) is 149 cm³/mol. The highest BCUT2D eigenvalue weighted by atomic mass is 32.2. The number of thioether (sulfide) groups is 1. The molecule has 0 radical (unpaired) electrons. The summed E-state index contributed by atoms with van der Waals surface area (Å²) in [6.45, 7) is 1.80. The molecule has 1 aliphatic heterocycles. The van der Waals surface area contributed by atoms with Crippen LogP contribution in [0.15, 0.2) is 83.1 Å². The number of hydrogen-bond acceptors (Lipinski definition) is 8. The number of carboxylic acid groups (broad SMARTS) is 1. The first kappa shape index (κ1) is 26.6. The number of anilines is 1. The monoisotopic (exact) mass is 579 g/mol. The molecule has 0 saturated carbocycles. The van der Waals surface area contributed by atoms with E-state index >= 15 is 0 Å². The van der Waals surface area contributed by atoms with Crippen LogP contribution in [-0.4, -0.2) is 35.6 Å². The molecule has 12 heteroatoms. The third-order valence-electron chi connectivity index (χ3n) is 6.04. The number of benzene rings is 3. The van der Waals surface area contributed by atoms with Crippen LogP contribution >= 0.6 is 23.1 Å². The van der Waals surface area contributed by atoms with Crippen molar-refractivity contribution >= 4 is 55.9 Å². The van der Waals surface area contributed by atoms with E-state index < -0.39 is 32.4 Å². The van der Waals surface area contributed by atoms with Gasteiger partial charge in [0.2, 0.25) is 5.91 Å². The molecule has 2 N–H and O–H groups in total. The number of rotatable bonds is 8. The van der Waals surface area contributed by atoms with Crippen LogP contribution in [0, 0.1) is 6.92 Å². The van der Waals surface area contributed by atoms with Gasteiger partial charge in [0.25, 0.3) is 15.3 Å². The normalized spacial score (nSPS) is 15.3. The van der Waals surface area contributed by atoms with Crippen molar-refractivity contribution in [3.05, 3.63) is 99.9 Å². The molecular formula is C27H21N3O6S3. The Kier molecular flexibility index (Phi) is 7.25. The summed E-state index contributed by atoms with van der Waals surface area (Å²) in [6.07, 6.45) is 0. The van der Waals surface area contributed by atoms with E-state index in [0.29, 0.717) is 11.1 Å². The van der Waals surface area contributed by atoms with Crippen LogP contribution in [0.3, 0.4) is 0 Å². The summed E-state index contributed by atoms with van der Waals surface area (Å²) >= 11 is 2.38. The van der Waals surface area contributed by atoms with Crippen LogP contribution in [-0.2, 0) is 21.4 Å². The molecule has 0 spiro atoms. The molecule has 3 aromatic carbocycles. The van der Waals surface area contributed by atoms with Crippen LogP contribution in [0.1, 0.15) is 31.7 Å². The Morgan fingerprint density at radius 2 is 1.77 bits per heavy atom. The summed E-state index contributed by atoms with van der Waals surface area (Å²) < 4.78 is 28.9. The molecule has 0 bridgehead atoms. The fourth-order valence-corrected chi connectivity index (χ4v) is 6.97. The highest BCUT2D eigenvalue weighted by molar-refractivity contribution is 8.15. The Morgan fingerprint density at radius 3 is 2.36 bits per heavy atom. The zero-order valence-corrected chi connectivity index (χ0v) is 22.8. The summed E-state index contributed by atoms with van der Waals surface area (Å²) in [6, 6.07) is 18.8. The molecule has 1 aromatic heterocycles. The van der Waals surface area contributed by atoms with Crippen molar-refractivity contribution in [1.29, 1.82) is 0 Å². The number of nitrogens with one attached hydrogen (secondary N) is 1. The number of aromatic carboxylic acids is 1. The standard InChI is InChI=1S/C27H21N3O6S3/c1-16-28-23(15-37-16)18-9-11-22(12-10-18)39(35,36)30(21-4-2-3-20(13-21)26(32)33)14-17-5-7-19(8-6-17)24-25(31)29-27(34)38-24/h2-13,15,24H,14H2,1H3,(H,32,33)(H,29,31,34). The number of thiazole rings is 1.